The fourth-order valence-electron chi connectivity index (χ4n) is 4.67. The van der Waals surface area contributed by atoms with E-state index < -0.39 is 11.9 Å². The Balaban J connectivity index is 0.00000308. The van der Waals surface area contributed by atoms with E-state index in [1.54, 1.807) is 28.4 Å². The highest BCUT2D eigenvalue weighted by Gasteiger charge is 2.31. The van der Waals surface area contributed by atoms with Crippen molar-refractivity contribution in [3.8, 4) is 0 Å². The van der Waals surface area contributed by atoms with Crippen LogP contribution in [0.15, 0.2) is 96.3 Å². The summed E-state index contributed by atoms with van der Waals surface area (Å²) in [5, 5.41) is 8.23. The lowest BCUT2D eigenvalue weighted by atomic mass is 10.2. The molecule has 0 saturated heterocycles. The van der Waals surface area contributed by atoms with Gasteiger partial charge in [-0.1, -0.05) is 68.1 Å². The van der Waals surface area contributed by atoms with Gasteiger partial charge in [0.1, 0.15) is 12.4 Å². The summed E-state index contributed by atoms with van der Waals surface area (Å²) in [6, 6.07) is 25.7. The lowest BCUT2D eigenvalue weighted by Gasteiger charge is -2.21. The number of nitrogens with zero attached hydrogens (tertiary/aromatic N) is 5. The lowest BCUT2D eigenvalue weighted by molar-refractivity contribution is -0.119. The molecule has 0 aliphatic carbocycles. The first-order chi connectivity index (χ1) is 18.5. The van der Waals surface area contributed by atoms with Crippen LogP contribution in [0, 0.1) is 0 Å². The normalized spacial score (nSPS) is 14.9. The first kappa shape index (κ1) is 26.2. The Labute approximate surface area is 231 Å². The molecule has 1 N–H and O–H groups in total. The largest absolute Gasteiger partial charge is 0.343 e. The highest BCUT2D eigenvalue weighted by Crippen LogP contribution is 2.37. The van der Waals surface area contributed by atoms with Crippen molar-refractivity contribution >= 4 is 40.2 Å². The van der Waals surface area contributed by atoms with Gasteiger partial charge in [0.25, 0.3) is 5.91 Å². The average Bonchev–Trinajstić information content (AvgIpc) is 3.55. The van der Waals surface area contributed by atoms with Gasteiger partial charge in [-0.2, -0.15) is 0 Å². The first-order valence-electron chi connectivity index (χ1n) is 12.4. The van der Waals surface area contributed by atoms with Crippen LogP contribution in [0.4, 0.5) is 5.69 Å². The lowest BCUT2D eigenvalue weighted by Crippen LogP contribution is -2.48. The third kappa shape index (κ3) is 5.44. The van der Waals surface area contributed by atoms with Gasteiger partial charge in [0.2, 0.25) is 11.7 Å². The van der Waals surface area contributed by atoms with Crippen molar-refractivity contribution in [2.45, 2.75) is 31.5 Å². The molecule has 0 bridgehead atoms. The summed E-state index contributed by atoms with van der Waals surface area (Å²) < 4.78 is 3.83. The van der Waals surface area contributed by atoms with Gasteiger partial charge in [0.05, 0.1) is 12.2 Å². The molecule has 9 heteroatoms. The van der Waals surface area contributed by atoms with Gasteiger partial charge in [-0.3, -0.25) is 9.59 Å². The predicted molar refractivity (Wildman–Crippen MR) is 155 cm³/mol. The van der Waals surface area contributed by atoms with Crippen LogP contribution in [0.1, 0.15) is 29.2 Å². The number of hydrogen-bond acceptors (Lipinski definition) is 5. The number of nitrogens with one attached hydrogen (secondary N) is 1. The molecule has 198 valence electrons. The summed E-state index contributed by atoms with van der Waals surface area (Å²) in [5.74, 6) is -0.174. The average molecular weight is 539 g/mol. The number of fused-ring (bicyclic) bond motifs is 2. The van der Waals surface area contributed by atoms with E-state index in [0.29, 0.717) is 12.3 Å². The molecule has 0 radical (unpaired) electrons. The van der Waals surface area contributed by atoms with Gasteiger partial charge in [-0.15, -0.1) is 16.9 Å². The van der Waals surface area contributed by atoms with Gasteiger partial charge in [0.15, 0.2) is 0 Å². The molecule has 0 fully saturated rings. The number of aromatic nitrogens is 4. The van der Waals surface area contributed by atoms with Gasteiger partial charge < -0.3 is 14.8 Å². The zero-order valence-electron chi connectivity index (χ0n) is 20.8. The van der Waals surface area contributed by atoms with E-state index in [-0.39, 0.29) is 19.2 Å². The topological polar surface area (TPSA) is 85.1 Å². The van der Waals surface area contributed by atoms with E-state index in [4.69, 9.17) is 0 Å². The summed E-state index contributed by atoms with van der Waals surface area (Å²) >= 11 is 1.57. The molecule has 0 unspecified atom stereocenters. The van der Waals surface area contributed by atoms with Crippen molar-refractivity contribution in [1.82, 2.24) is 24.6 Å². The van der Waals surface area contributed by atoms with Crippen molar-refractivity contribution < 1.29 is 9.59 Å². The fraction of sp³-hybridized carbons (Fsp3) is 0.200. The van der Waals surface area contributed by atoms with E-state index in [1.807, 2.05) is 54.6 Å². The van der Waals surface area contributed by atoms with Crippen molar-refractivity contribution in [3.63, 3.8) is 0 Å². The Morgan fingerprint density at radius 1 is 1.00 bits per heavy atom. The molecular weight excluding hydrogens is 508 g/mol. The second kappa shape index (κ2) is 11.2. The van der Waals surface area contributed by atoms with Crippen molar-refractivity contribution in [2.75, 3.05) is 17.7 Å². The number of carbonyl (C=O) groups excluding carboxylic acids is 2. The minimum atomic E-state index is -0.697. The molecule has 1 atom stereocenters. The highest BCUT2D eigenvalue weighted by molar-refractivity contribution is 7.99. The molecule has 1 aliphatic rings. The first-order valence-corrected chi connectivity index (χ1v) is 13.3. The summed E-state index contributed by atoms with van der Waals surface area (Å²) in [6.45, 7) is 1.28. The molecule has 6 rings (SSSR count). The molecule has 2 amide bonds. The van der Waals surface area contributed by atoms with Gasteiger partial charge >= 0.3 is 0 Å². The maximum atomic E-state index is 13.4. The number of rotatable bonds is 6. The summed E-state index contributed by atoms with van der Waals surface area (Å²) in [6.07, 6.45) is 3.61. The molecule has 0 saturated carbocycles. The van der Waals surface area contributed by atoms with Crippen LogP contribution >= 0.6 is 11.8 Å². The highest BCUT2D eigenvalue weighted by atomic mass is 32.2. The Kier molecular flexibility index (Phi) is 7.51. The third-order valence-electron chi connectivity index (χ3n) is 6.68. The zero-order chi connectivity index (χ0) is 26.1. The van der Waals surface area contributed by atoms with Crippen LogP contribution in [-0.2, 0) is 17.9 Å². The van der Waals surface area contributed by atoms with E-state index in [9.17, 15) is 9.59 Å². The van der Waals surface area contributed by atoms with Crippen LogP contribution in [0.5, 0.6) is 0 Å². The number of hydrogen-bond donors (Lipinski definition) is 1. The van der Waals surface area contributed by atoms with Crippen LogP contribution in [0.2, 0.25) is 0 Å². The maximum absolute atomic E-state index is 13.4. The van der Waals surface area contributed by atoms with E-state index >= 15 is 0 Å². The summed E-state index contributed by atoms with van der Waals surface area (Å²) in [7, 11) is 1.76. The zero-order valence-corrected chi connectivity index (χ0v) is 21.6. The van der Waals surface area contributed by atoms with Crippen LogP contribution < -0.4 is 10.2 Å². The second-order valence-corrected chi connectivity index (χ2v) is 10.4. The Morgan fingerprint density at radius 2 is 1.69 bits per heavy atom. The Bertz CT molecular complexity index is 1610. The van der Waals surface area contributed by atoms with Crippen molar-refractivity contribution in [3.05, 3.63) is 108 Å². The number of anilines is 1. The van der Waals surface area contributed by atoms with Gasteiger partial charge in [-0.05, 0) is 29.3 Å². The molecule has 0 spiro atoms. The summed E-state index contributed by atoms with van der Waals surface area (Å²) in [4.78, 5) is 33.1. The molecule has 3 heterocycles. The fourth-order valence-corrected chi connectivity index (χ4v) is 5.78. The van der Waals surface area contributed by atoms with Gasteiger partial charge in [-0.25, -0.2) is 9.67 Å². The van der Waals surface area contributed by atoms with Crippen LogP contribution in [0.3, 0.4) is 0 Å². The Hall–Kier alpha value is -4.37. The van der Waals surface area contributed by atoms with Gasteiger partial charge in [0, 0.05) is 41.3 Å². The van der Waals surface area contributed by atoms with Crippen LogP contribution in [0.25, 0.3) is 10.9 Å². The molecule has 3 aromatic carbocycles. The van der Waals surface area contributed by atoms with E-state index in [2.05, 4.69) is 50.4 Å². The molecule has 2 aromatic heterocycles. The third-order valence-corrected chi connectivity index (χ3v) is 7.81. The number of carbonyl (C=O) groups is 2. The van der Waals surface area contributed by atoms with Crippen LogP contribution in [-0.4, -0.2) is 50.0 Å². The minimum Gasteiger partial charge on any atom is -0.343 e. The Morgan fingerprint density at radius 3 is 2.41 bits per heavy atom. The van der Waals surface area contributed by atoms with E-state index in [0.717, 1.165) is 33.6 Å². The number of likely N-dealkylation sites (N-methyl/N-ethyl adjacent to an activating group) is 1. The predicted octanol–water partition coefficient (Wildman–Crippen LogP) is 4.83. The van der Waals surface area contributed by atoms with Crippen molar-refractivity contribution in [2.24, 2.45) is 0 Å². The summed E-state index contributed by atoms with van der Waals surface area (Å²) in [5.41, 5.74) is 4.23. The minimum absolute atomic E-state index is 0. The van der Waals surface area contributed by atoms with Crippen molar-refractivity contribution in [1.29, 1.82) is 0 Å². The molecule has 39 heavy (non-hydrogen) atoms. The standard InChI is InChI=1S/C29H26N6O2S.CH4/c1-33-25-14-22-12-13-34(16-20-8-4-2-5-9-20)24(22)15-26(25)38-18-23(29(33)37)31-28(36)27-30-19-35(32-27)17-21-10-6-3-7-11-21;/h2-15,19,23H,16-18H2,1H3,(H,31,36);1H4/t23-;/m0./s1. The number of thioether (sulfide) groups is 1. The smallest absolute Gasteiger partial charge is 0.291 e. The molecule has 8 nitrogen and oxygen atoms in total. The monoisotopic (exact) mass is 538 g/mol. The molecule has 5 aromatic rings. The SMILES string of the molecule is C.CN1C(=O)[C@@H](NC(=O)c2ncn(Cc3ccccc3)n2)CSc2cc3c(ccn3Cc3ccccc3)cc21. The number of amides is 2. The quantitative estimate of drug-likeness (QED) is 0.335. The second-order valence-electron chi connectivity index (χ2n) is 9.29. The molecule has 1 aliphatic heterocycles. The van der Waals surface area contributed by atoms with E-state index in [1.165, 1.54) is 11.9 Å². The maximum Gasteiger partial charge on any atom is 0.291 e. The molecular formula is C30H30N6O2S. The number of benzene rings is 3.